The molecule has 1 aromatic heterocycles. The second-order valence-electron chi connectivity index (χ2n) is 15.9. The van der Waals surface area contributed by atoms with Gasteiger partial charge in [-0.2, -0.15) is 0 Å². The van der Waals surface area contributed by atoms with Crippen LogP contribution in [0.2, 0.25) is 0 Å². The number of hydrogen-bond acceptors (Lipinski definition) is 4. The van der Waals surface area contributed by atoms with Gasteiger partial charge in [-0.25, -0.2) is 9.97 Å². The highest BCUT2D eigenvalue weighted by Gasteiger charge is 2.57. The highest BCUT2D eigenvalue weighted by Crippen LogP contribution is 2.66. The molecule has 7 aromatic rings. The zero-order valence-corrected chi connectivity index (χ0v) is 32.1. The second kappa shape index (κ2) is 12.9. The van der Waals surface area contributed by atoms with Crippen LogP contribution in [0.4, 0.5) is 0 Å². The molecule has 5 atom stereocenters. The molecule has 6 aromatic carbocycles. The van der Waals surface area contributed by atoms with E-state index in [-0.39, 0.29) is 5.41 Å². The third kappa shape index (κ3) is 5.00. The molecule has 5 aliphatic rings. The molecule has 3 nitrogen and oxygen atoms in total. The van der Waals surface area contributed by atoms with E-state index in [2.05, 4.69) is 182 Å². The third-order valence-corrected chi connectivity index (χ3v) is 14.3. The molecule has 5 unspecified atom stereocenters. The Balaban J connectivity index is 1.01. The maximum atomic E-state index is 7.06. The fourth-order valence-corrected chi connectivity index (χ4v) is 11.9. The molecule has 272 valence electrons. The summed E-state index contributed by atoms with van der Waals surface area (Å²) in [5.41, 5.74) is 13.6. The number of nitrogens with zero attached hydrogens (tertiary/aromatic N) is 2. The van der Waals surface area contributed by atoms with Gasteiger partial charge in [0.15, 0.2) is 5.82 Å². The van der Waals surface area contributed by atoms with Gasteiger partial charge in [-0.15, -0.1) is 11.8 Å². The zero-order valence-electron chi connectivity index (χ0n) is 31.3. The molecule has 57 heavy (non-hydrogen) atoms. The molecule has 0 radical (unpaired) electrons. The first-order chi connectivity index (χ1) is 28.2. The summed E-state index contributed by atoms with van der Waals surface area (Å²) in [7, 11) is 0. The Morgan fingerprint density at radius 3 is 2.25 bits per heavy atom. The standard InChI is InChI=1S/C53H38N2OS/c1-2-14-33(15-3-1)46-32-47(35-28-29-41-40-20-6-11-27-49(40)57-50(41)31-35)55-52(54-46)36-17-12-16-34(30-36)37-21-13-25-45-51(37)56-48-26-10-9-24-44(48)53(45)42-22-7-4-18-38(42)39-19-5-8-23-43(39)53/h1-7,9-22,24-32,39-40,43,49H,8,23H2. The molecule has 12 rings (SSSR count). The molecular formula is C53H38N2OS. The van der Waals surface area contributed by atoms with Crippen molar-refractivity contribution in [2.24, 2.45) is 5.92 Å². The summed E-state index contributed by atoms with van der Waals surface area (Å²) in [6, 6.07) is 52.8. The number of thioether (sulfide) groups is 1. The lowest BCUT2D eigenvalue weighted by Crippen LogP contribution is -2.38. The van der Waals surface area contributed by atoms with Crippen LogP contribution in [0, 0.1) is 5.92 Å². The first-order valence-electron chi connectivity index (χ1n) is 20.1. The van der Waals surface area contributed by atoms with Crippen LogP contribution < -0.4 is 4.74 Å². The van der Waals surface area contributed by atoms with Crippen LogP contribution in [-0.2, 0) is 5.41 Å². The van der Waals surface area contributed by atoms with Gasteiger partial charge in [-0.3, -0.25) is 0 Å². The number of para-hydroxylation sites is 2. The minimum atomic E-state index is -0.315. The Kier molecular flexibility index (Phi) is 7.46. The monoisotopic (exact) mass is 750 g/mol. The van der Waals surface area contributed by atoms with E-state index >= 15 is 0 Å². The summed E-state index contributed by atoms with van der Waals surface area (Å²) < 4.78 is 7.06. The summed E-state index contributed by atoms with van der Waals surface area (Å²) in [6.07, 6.45) is 16.1. The van der Waals surface area contributed by atoms with Crippen LogP contribution in [0.15, 0.2) is 187 Å². The van der Waals surface area contributed by atoms with Gasteiger partial charge in [0, 0.05) is 55.4 Å². The number of aromatic nitrogens is 2. The first-order valence-corrected chi connectivity index (χ1v) is 21.0. The molecular weight excluding hydrogens is 713 g/mol. The summed E-state index contributed by atoms with van der Waals surface area (Å²) in [4.78, 5) is 11.9. The van der Waals surface area contributed by atoms with Gasteiger partial charge in [0.1, 0.15) is 11.5 Å². The molecule has 3 heterocycles. The lowest BCUT2D eigenvalue weighted by atomic mass is 9.60. The Morgan fingerprint density at radius 1 is 0.561 bits per heavy atom. The molecule has 1 spiro atoms. The Hall–Kier alpha value is -6.23. The number of fused-ring (bicyclic) bond motifs is 12. The van der Waals surface area contributed by atoms with Gasteiger partial charge in [-0.05, 0) is 65.3 Å². The molecule has 0 bridgehead atoms. The molecule has 0 amide bonds. The maximum Gasteiger partial charge on any atom is 0.160 e. The van der Waals surface area contributed by atoms with E-state index in [0.717, 1.165) is 63.5 Å². The van der Waals surface area contributed by atoms with Crippen LogP contribution >= 0.6 is 11.8 Å². The van der Waals surface area contributed by atoms with Crippen molar-refractivity contribution in [3.63, 3.8) is 0 Å². The van der Waals surface area contributed by atoms with E-state index in [1.165, 1.54) is 32.7 Å². The molecule has 0 saturated carbocycles. The number of ether oxygens (including phenoxy) is 1. The normalized spacial score (nSPS) is 22.9. The van der Waals surface area contributed by atoms with Gasteiger partial charge in [-0.1, -0.05) is 158 Å². The quantitative estimate of drug-likeness (QED) is 0.168. The Labute approximate surface area is 337 Å². The van der Waals surface area contributed by atoms with Gasteiger partial charge in [0.25, 0.3) is 0 Å². The fourth-order valence-electron chi connectivity index (χ4n) is 10.5. The van der Waals surface area contributed by atoms with Gasteiger partial charge in [0.05, 0.1) is 16.8 Å². The number of benzene rings is 6. The Bertz CT molecular complexity index is 2860. The van der Waals surface area contributed by atoms with Crippen molar-refractivity contribution < 1.29 is 4.74 Å². The van der Waals surface area contributed by atoms with E-state index in [1.54, 1.807) is 0 Å². The summed E-state index contributed by atoms with van der Waals surface area (Å²) in [5.74, 6) is 3.78. The lowest BCUT2D eigenvalue weighted by Gasteiger charge is -2.44. The summed E-state index contributed by atoms with van der Waals surface area (Å²) in [6.45, 7) is 0. The topological polar surface area (TPSA) is 35.0 Å². The van der Waals surface area contributed by atoms with E-state index in [4.69, 9.17) is 14.7 Å². The molecule has 0 fully saturated rings. The van der Waals surface area contributed by atoms with Crippen molar-refractivity contribution in [3.8, 4) is 56.5 Å². The van der Waals surface area contributed by atoms with Crippen LogP contribution in [0.5, 0.6) is 11.5 Å². The number of allylic oxidation sites excluding steroid dienone is 5. The van der Waals surface area contributed by atoms with Crippen molar-refractivity contribution in [2.75, 3.05) is 0 Å². The SMILES string of the molecule is C1=CC2Sc3cc(-c4cc(-c5ccccc5)nc(-c5cccc(-c6cccc7c6Oc6ccccc6C76c7ccccc7C7C=CCCC76)c5)n4)ccc3C2C=C1. The second-order valence-corrected chi connectivity index (χ2v) is 17.1. The van der Waals surface area contributed by atoms with Crippen LogP contribution in [0.1, 0.15) is 52.5 Å². The van der Waals surface area contributed by atoms with Gasteiger partial charge >= 0.3 is 0 Å². The molecule has 0 saturated heterocycles. The summed E-state index contributed by atoms with van der Waals surface area (Å²) in [5, 5.41) is 0.448. The maximum absolute atomic E-state index is 7.06. The first kappa shape index (κ1) is 33.0. The predicted octanol–water partition coefficient (Wildman–Crippen LogP) is 13.3. The van der Waals surface area contributed by atoms with Crippen molar-refractivity contribution in [3.05, 3.63) is 210 Å². The zero-order chi connectivity index (χ0) is 37.5. The van der Waals surface area contributed by atoms with Crippen molar-refractivity contribution >= 4 is 11.8 Å². The molecule has 3 aliphatic carbocycles. The van der Waals surface area contributed by atoms with Crippen LogP contribution in [0.25, 0.3) is 45.0 Å². The van der Waals surface area contributed by atoms with Crippen molar-refractivity contribution in [1.82, 2.24) is 9.97 Å². The smallest absolute Gasteiger partial charge is 0.160 e. The summed E-state index contributed by atoms with van der Waals surface area (Å²) >= 11 is 1.95. The largest absolute Gasteiger partial charge is 0.456 e. The average Bonchev–Trinajstić information content (AvgIpc) is 3.80. The molecule has 0 N–H and O–H groups in total. The number of rotatable bonds is 4. The predicted molar refractivity (Wildman–Crippen MR) is 232 cm³/mol. The van der Waals surface area contributed by atoms with E-state index in [1.807, 2.05) is 11.8 Å². The Morgan fingerprint density at radius 2 is 1.32 bits per heavy atom. The fraction of sp³-hybridized carbons (Fsp3) is 0.132. The van der Waals surface area contributed by atoms with E-state index in [0.29, 0.717) is 28.8 Å². The average molecular weight is 751 g/mol. The van der Waals surface area contributed by atoms with Crippen molar-refractivity contribution in [1.29, 1.82) is 0 Å². The van der Waals surface area contributed by atoms with E-state index in [9.17, 15) is 0 Å². The minimum absolute atomic E-state index is 0.315. The number of hydrogen-bond donors (Lipinski definition) is 0. The highest BCUT2D eigenvalue weighted by molar-refractivity contribution is 8.00. The van der Waals surface area contributed by atoms with Gasteiger partial charge < -0.3 is 4.74 Å². The van der Waals surface area contributed by atoms with Crippen LogP contribution in [0.3, 0.4) is 0 Å². The van der Waals surface area contributed by atoms with E-state index < -0.39 is 0 Å². The minimum Gasteiger partial charge on any atom is -0.456 e. The van der Waals surface area contributed by atoms with Crippen molar-refractivity contribution in [2.45, 2.75) is 40.2 Å². The molecule has 4 heteroatoms. The third-order valence-electron chi connectivity index (χ3n) is 12.9. The van der Waals surface area contributed by atoms with Gasteiger partial charge in [0.2, 0.25) is 0 Å². The highest BCUT2D eigenvalue weighted by atomic mass is 32.2. The van der Waals surface area contributed by atoms with Crippen LogP contribution in [-0.4, -0.2) is 15.2 Å². The molecule has 2 aliphatic heterocycles. The lowest BCUT2D eigenvalue weighted by molar-refractivity contribution is 0.312.